The van der Waals surface area contributed by atoms with E-state index in [0.29, 0.717) is 8.64 Å². The van der Waals surface area contributed by atoms with E-state index in [1.165, 1.54) is 51.4 Å². The van der Waals surface area contributed by atoms with Crippen LogP contribution in [0.4, 0.5) is 0 Å². The maximum atomic E-state index is 4.78. The van der Waals surface area contributed by atoms with Crippen LogP contribution in [0.3, 0.4) is 0 Å². The first-order valence-electron chi connectivity index (χ1n) is 9.30. The van der Waals surface area contributed by atoms with Gasteiger partial charge in [-0.05, 0) is 24.7 Å². The molecule has 0 aromatic heterocycles. The number of thiocarbonyl (C=S) groups is 2. The molecule has 0 fully saturated rings. The molecule has 2 unspecified atom stereocenters. The van der Waals surface area contributed by atoms with Gasteiger partial charge in [0.05, 0.1) is 0 Å². The molecule has 0 radical (unpaired) electrons. The van der Waals surface area contributed by atoms with Gasteiger partial charge < -0.3 is 87.3 Å². The van der Waals surface area contributed by atoms with Gasteiger partial charge in [-0.2, -0.15) is 0 Å². The summed E-state index contributed by atoms with van der Waals surface area (Å²) in [7, 11) is 0. The SMILES string of the molecule is CCCCC(CC)CNC(=S)[S-].CCCCC(CC)CNC(=S)[S-].[Mo+6].[S-2].[S-2]. The molecule has 27 heavy (non-hydrogen) atoms. The van der Waals surface area contributed by atoms with Crippen LogP contribution in [-0.2, 0) is 73.3 Å². The van der Waals surface area contributed by atoms with E-state index >= 15 is 0 Å². The number of hydrogen-bond acceptors (Lipinski definition) is 4. The Balaban J connectivity index is -0.000000108. The van der Waals surface area contributed by atoms with Crippen molar-refractivity contribution < 1.29 is 21.1 Å². The monoisotopic (exact) mass is 570 g/mol. The molecule has 0 amide bonds. The summed E-state index contributed by atoms with van der Waals surface area (Å²) in [5, 5.41) is 6.10. The normalized spacial score (nSPS) is 11.1. The molecule has 0 aliphatic heterocycles. The second-order valence-corrected chi connectivity index (χ2v) is 8.32. The van der Waals surface area contributed by atoms with Crippen molar-refractivity contribution in [1.82, 2.24) is 10.6 Å². The molecule has 0 saturated heterocycles. The summed E-state index contributed by atoms with van der Waals surface area (Å²) in [5.41, 5.74) is 0. The molecule has 0 aliphatic rings. The molecule has 0 saturated carbocycles. The zero-order valence-electron chi connectivity index (χ0n) is 17.1. The second kappa shape index (κ2) is 29.8. The number of hydrogen-bond donors (Lipinski definition) is 2. The Kier molecular flexibility index (Phi) is 43.2. The fraction of sp³-hybridized carbons (Fsp3) is 0.889. The van der Waals surface area contributed by atoms with Crippen molar-refractivity contribution in [3.63, 3.8) is 0 Å². The molecule has 0 aliphatic carbocycles. The second-order valence-electron chi connectivity index (χ2n) is 6.17. The third-order valence-corrected chi connectivity index (χ3v) is 4.73. The fourth-order valence-electron chi connectivity index (χ4n) is 2.34. The van der Waals surface area contributed by atoms with Crippen LogP contribution in [0.25, 0.3) is 0 Å². The topological polar surface area (TPSA) is 24.1 Å². The molecule has 0 aromatic carbocycles. The first kappa shape index (κ1) is 39.1. The van der Waals surface area contributed by atoms with Crippen LogP contribution < -0.4 is 10.6 Å². The number of unbranched alkanes of at least 4 members (excludes halogenated alkanes) is 2. The summed E-state index contributed by atoms with van der Waals surface area (Å²) in [4.78, 5) is 0. The van der Waals surface area contributed by atoms with Gasteiger partial charge in [0.25, 0.3) is 0 Å². The van der Waals surface area contributed by atoms with E-state index in [0.717, 1.165) is 24.9 Å². The zero-order chi connectivity index (χ0) is 18.8. The zero-order valence-corrected chi connectivity index (χ0v) is 24.0. The van der Waals surface area contributed by atoms with Crippen molar-refractivity contribution in [2.45, 2.75) is 79.1 Å². The Bertz CT molecular complexity index is 292. The molecule has 2 nitrogen and oxygen atoms in total. The largest absolute Gasteiger partial charge is 6.00 e. The summed E-state index contributed by atoms with van der Waals surface area (Å²) >= 11 is 19.1. The average Bonchev–Trinajstić information content (AvgIpc) is 2.55. The maximum Gasteiger partial charge on any atom is 6.00 e. The van der Waals surface area contributed by atoms with Gasteiger partial charge in [0.15, 0.2) is 0 Å². The van der Waals surface area contributed by atoms with Crippen molar-refractivity contribution in [2.75, 3.05) is 13.1 Å². The van der Waals surface area contributed by atoms with Gasteiger partial charge in [0.1, 0.15) is 0 Å². The quantitative estimate of drug-likeness (QED) is 0.190. The summed E-state index contributed by atoms with van der Waals surface area (Å²) in [5.74, 6) is 1.48. The standard InChI is InChI=1S/2C9H19NS2.Mo.2S/c2*1-3-5-6-8(4-2)7-10-9(11)12;;;/h2*8H,3-7H2,1-2H3,(H2,10,11,12);;;/q;;+6;2*-2/p-2. The van der Waals surface area contributed by atoms with Crippen LogP contribution >= 0.6 is 24.4 Å². The minimum atomic E-state index is 0. The average molecular weight is 569 g/mol. The smallest absolute Gasteiger partial charge is 2.00 e. The van der Waals surface area contributed by atoms with Crippen molar-refractivity contribution >= 4 is 85.3 Å². The van der Waals surface area contributed by atoms with E-state index in [-0.39, 0.29) is 48.1 Å². The van der Waals surface area contributed by atoms with Crippen LogP contribution in [0.1, 0.15) is 79.1 Å². The maximum absolute atomic E-state index is 4.78. The molecule has 9 heteroatoms. The first-order chi connectivity index (χ1) is 11.4. The molecular weight excluding hydrogens is 533 g/mol. The van der Waals surface area contributed by atoms with E-state index in [4.69, 9.17) is 49.7 Å². The van der Waals surface area contributed by atoms with E-state index < -0.39 is 0 Å². The summed E-state index contributed by atoms with van der Waals surface area (Å²) in [6.07, 6.45) is 10.2. The summed E-state index contributed by atoms with van der Waals surface area (Å²) < 4.78 is 1.01. The first-order valence-corrected chi connectivity index (χ1v) is 10.9. The van der Waals surface area contributed by atoms with Crippen LogP contribution in [-0.4, -0.2) is 21.7 Å². The third kappa shape index (κ3) is 32.5. The van der Waals surface area contributed by atoms with Crippen molar-refractivity contribution in [3.8, 4) is 0 Å². The predicted octanol–water partition coefficient (Wildman–Crippen LogP) is 5.24. The number of rotatable bonds is 12. The molecule has 0 bridgehead atoms. The van der Waals surface area contributed by atoms with Gasteiger partial charge >= 0.3 is 21.1 Å². The molecular formula is C18H36MoN2S6. The van der Waals surface area contributed by atoms with Crippen LogP contribution in [0.2, 0.25) is 0 Å². The van der Waals surface area contributed by atoms with Crippen molar-refractivity contribution in [3.05, 3.63) is 0 Å². The Morgan fingerprint density at radius 1 is 0.741 bits per heavy atom. The van der Waals surface area contributed by atoms with Gasteiger partial charge in [-0.3, -0.25) is 0 Å². The Labute approximate surface area is 219 Å². The molecule has 0 heterocycles. The van der Waals surface area contributed by atoms with Crippen molar-refractivity contribution in [2.24, 2.45) is 11.8 Å². The molecule has 2 N–H and O–H groups in total. The van der Waals surface area contributed by atoms with Gasteiger partial charge in [0, 0.05) is 13.1 Å². The third-order valence-electron chi connectivity index (χ3n) is 4.16. The van der Waals surface area contributed by atoms with E-state index in [9.17, 15) is 0 Å². The minimum Gasteiger partial charge on any atom is -2.00 e. The predicted molar refractivity (Wildman–Crippen MR) is 137 cm³/mol. The van der Waals surface area contributed by atoms with Gasteiger partial charge in [-0.1, -0.05) is 74.9 Å². The van der Waals surface area contributed by atoms with Gasteiger partial charge in [0.2, 0.25) is 0 Å². The summed E-state index contributed by atoms with van der Waals surface area (Å²) in [6.45, 7) is 10.8. The molecule has 2 atom stereocenters. The minimum absolute atomic E-state index is 0. The Hall–Kier alpha value is 1.61. The van der Waals surface area contributed by atoms with E-state index in [1.807, 2.05) is 0 Å². The van der Waals surface area contributed by atoms with Gasteiger partial charge in [-0.25, -0.2) is 0 Å². The Morgan fingerprint density at radius 2 is 1.04 bits per heavy atom. The fourth-order valence-corrected chi connectivity index (χ4v) is 2.68. The summed E-state index contributed by atoms with van der Waals surface area (Å²) in [6, 6.07) is 0. The molecule has 160 valence electrons. The molecule has 0 spiro atoms. The Morgan fingerprint density at radius 3 is 1.22 bits per heavy atom. The van der Waals surface area contributed by atoms with Gasteiger partial charge in [-0.15, -0.1) is 0 Å². The van der Waals surface area contributed by atoms with E-state index in [2.05, 4.69) is 38.3 Å². The van der Waals surface area contributed by atoms with Crippen LogP contribution in [0.15, 0.2) is 0 Å². The van der Waals surface area contributed by atoms with Crippen LogP contribution in [0, 0.1) is 11.8 Å². The van der Waals surface area contributed by atoms with Crippen molar-refractivity contribution in [1.29, 1.82) is 0 Å². The molecule has 0 aromatic rings. The van der Waals surface area contributed by atoms with Crippen LogP contribution in [0.5, 0.6) is 0 Å². The molecule has 0 rings (SSSR count). The number of nitrogens with one attached hydrogen (secondary N) is 2. The van der Waals surface area contributed by atoms with E-state index in [1.54, 1.807) is 0 Å².